The van der Waals surface area contributed by atoms with Crippen LogP contribution in [0.2, 0.25) is 0 Å². The highest BCUT2D eigenvalue weighted by Crippen LogP contribution is 2.50. The lowest BCUT2D eigenvalue weighted by Gasteiger charge is -2.46. The van der Waals surface area contributed by atoms with E-state index in [2.05, 4.69) is 31.2 Å². The molecule has 0 aromatic heterocycles. The summed E-state index contributed by atoms with van der Waals surface area (Å²) in [5, 5.41) is 0. The molecule has 2 heterocycles. The highest BCUT2D eigenvalue weighted by molar-refractivity contribution is 5.79. The van der Waals surface area contributed by atoms with Crippen molar-refractivity contribution in [3.63, 3.8) is 0 Å². The Hall–Kier alpha value is -2.33. The third-order valence-corrected chi connectivity index (χ3v) is 5.59. The molecule has 0 bridgehead atoms. The lowest BCUT2D eigenvalue weighted by Crippen LogP contribution is -2.54. The highest BCUT2D eigenvalue weighted by atomic mass is 16.5. The standard InChI is InChI=1S/C21H23NO3/c1-21-18(15-8-10-17(24-2)11-9-15)12-13-20(23)22(21)19(14-25-21)16-6-4-3-5-7-16/h3-11,18-19H,12-14H2,1-2H3/t18-,19+,21-/m1/s1. The van der Waals surface area contributed by atoms with Gasteiger partial charge in [-0.15, -0.1) is 0 Å². The topological polar surface area (TPSA) is 38.8 Å². The van der Waals surface area contributed by atoms with Crippen LogP contribution in [0.4, 0.5) is 0 Å². The second-order valence-corrected chi connectivity index (χ2v) is 6.92. The molecule has 0 N–H and O–H groups in total. The lowest BCUT2D eigenvalue weighted by atomic mass is 9.80. The summed E-state index contributed by atoms with van der Waals surface area (Å²) >= 11 is 0. The van der Waals surface area contributed by atoms with Crippen molar-refractivity contribution < 1.29 is 14.3 Å². The van der Waals surface area contributed by atoms with Crippen LogP contribution in [-0.4, -0.2) is 30.2 Å². The molecule has 4 nitrogen and oxygen atoms in total. The quantitative estimate of drug-likeness (QED) is 0.853. The summed E-state index contributed by atoms with van der Waals surface area (Å²) < 4.78 is 11.5. The molecule has 0 saturated carbocycles. The van der Waals surface area contributed by atoms with Gasteiger partial charge in [-0.3, -0.25) is 4.79 Å². The molecule has 0 unspecified atom stereocenters. The molecule has 1 amide bonds. The first kappa shape index (κ1) is 16.2. The lowest BCUT2D eigenvalue weighted by molar-refractivity contribution is -0.161. The molecule has 3 atom stereocenters. The van der Waals surface area contributed by atoms with Crippen LogP contribution in [-0.2, 0) is 9.53 Å². The van der Waals surface area contributed by atoms with Crippen LogP contribution >= 0.6 is 0 Å². The first-order chi connectivity index (χ1) is 12.1. The molecule has 130 valence electrons. The van der Waals surface area contributed by atoms with Crippen molar-refractivity contribution in [2.24, 2.45) is 0 Å². The van der Waals surface area contributed by atoms with Crippen LogP contribution in [0.5, 0.6) is 5.75 Å². The third kappa shape index (κ3) is 2.61. The minimum atomic E-state index is -0.607. The van der Waals surface area contributed by atoms with Crippen molar-refractivity contribution in [1.29, 1.82) is 0 Å². The maximum Gasteiger partial charge on any atom is 0.225 e. The fourth-order valence-electron chi connectivity index (χ4n) is 4.28. The Kier molecular flexibility index (Phi) is 4.00. The van der Waals surface area contributed by atoms with Crippen molar-refractivity contribution in [2.45, 2.75) is 37.5 Å². The summed E-state index contributed by atoms with van der Waals surface area (Å²) in [5.41, 5.74) is 1.72. The Morgan fingerprint density at radius 3 is 2.48 bits per heavy atom. The Bertz CT molecular complexity index is 758. The predicted molar refractivity (Wildman–Crippen MR) is 95.4 cm³/mol. The zero-order valence-electron chi connectivity index (χ0n) is 14.6. The van der Waals surface area contributed by atoms with E-state index in [-0.39, 0.29) is 17.9 Å². The minimum Gasteiger partial charge on any atom is -0.497 e. The van der Waals surface area contributed by atoms with Crippen molar-refractivity contribution in [3.05, 3.63) is 65.7 Å². The summed E-state index contributed by atoms with van der Waals surface area (Å²) in [6.07, 6.45) is 1.36. The van der Waals surface area contributed by atoms with Crippen LogP contribution < -0.4 is 4.74 Å². The van der Waals surface area contributed by atoms with Crippen LogP contribution in [0.25, 0.3) is 0 Å². The summed E-state index contributed by atoms with van der Waals surface area (Å²) in [6.45, 7) is 2.60. The van der Waals surface area contributed by atoms with Crippen molar-refractivity contribution in [2.75, 3.05) is 13.7 Å². The van der Waals surface area contributed by atoms with E-state index in [0.29, 0.717) is 13.0 Å². The summed E-state index contributed by atoms with van der Waals surface area (Å²) in [4.78, 5) is 14.7. The Labute approximate surface area is 148 Å². The van der Waals surface area contributed by atoms with E-state index in [9.17, 15) is 4.79 Å². The van der Waals surface area contributed by atoms with Gasteiger partial charge in [0.15, 0.2) is 0 Å². The second-order valence-electron chi connectivity index (χ2n) is 6.92. The molecule has 2 aromatic rings. The van der Waals surface area contributed by atoms with Gasteiger partial charge in [-0.05, 0) is 36.6 Å². The van der Waals surface area contributed by atoms with Gasteiger partial charge >= 0.3 is 0 Å². The highest BCUT2D eigenvalue weighted by Gasteiger charge is 2.54. The molecule has 4 rings (SSSR count). The third-order valence-electron chi connectivity index (χ3n) is 5.59. The second kappa shape index (κ2) is 6.19. The van der Waals surface area contributed by atoms with Gasteiger partial charge in [0, 0.05) is 12.3 Å². The van der Waals surface area contributed by atoms with Crippen molar-refractivity contribution >= 4 is 5.91 Å². The predicted octanol–water partition coefficient (Wildman–Crippen LogP) is 3.89. The largest absolute Gasteiger partial charge is 0.497 e. The number of rotatable bonds is 3. The number of amides is 1. The summed E-state index contributed by atoms with van der Waals surface area (Å²) in [6, 6.07) is 18.3. The van der Waals surface area contributed by atoms with E-state index in [0.717, 1.165) is 17.7 Å². The number of carbonyl (C=O) groups is 1. The molecular weight excluding hydrogens is 314 g/mol. The number of carbonyl (C=O) groups excluding carboxylic acids is 1. The SMILES string of the molecule is COc1ccc([C@H]2CCC(=O)N3[C@H](c4ccccc4)CO[C@]23C)cc1. The minimum absolute atomic E-state index is 0.0141. The molecule has 2 aliphatic heterocycles. The number of benzene rings is 2. The van der Waals surface area contributed by atoms with Crippen LogP contribution in [0.1, 0.15) is 42.9 Å². The van der Waals surface area contributed by atoms with Gasteiger partial charge in [-0.2, -0.15) is 0 Å². The zero-order chi connectivity index (χ0) is 17.4. The molecule has 0 radical (unpaired) electrons. The van der Waals surface area contributed by atoms with E-state index in [1.165, 1.54) is 5.56 Å². The number of methoxy groups -OCH3 is 1. The molecule has 0 spiro atoms. The zero-order valence-corrected chi connectivity index (χ0v) is 14.6. The molecule has 25 heavy (non-hydrogen) atoms. The van der Waals surface area contributed by atoms with Gasteiger partial charge in [0.1, 0.15) is 11.5 Å². The van der Waals surface area contributed by atoms with E-state index >= 15 is 0 Å². The molecule has 4 heteroatoms. The van der Waals surface area contributed by atoms with E-state index in [1.54, 1.807) is 7.11 Å². The monoisotopic (exact) mass is 337 g/mol. The smallest absolute Gasteiger partial charge is 0.225 e. The number of hydrogen-bond donors (Lipinski definition) is 0. The Morgan fingerprint density at radius 2 is 1.80 bits per heavy atom. The van der Waals surface area contributed by atoms with Crippen LogP contribution in [0.3, 0.4) is 0 Å². The molecule has 2 saturated heterocycles. The summed E-state index contributed by atoms with van der Waals surface area (Å²) in [7, 11) is 1.67. The fourth-order valence-corrected chi connectivity index (χ4v) is 4.28. The van der Waals surface area contributed by atoms with Gasteiger partial charge in [0.2, 0.25) is 5.91 Å². The average Bonchev–Trinajstić information content (AvgIpc) is 3.02. The Balaban J connectivity index is 1.69. The van der Waals surface area contributed by atoms with E-state index in [4.69, 9.17) is 9.47 Å². The van der Waals surface area contributed by atoms with Crippen molar-refractivity contribution in [3.8, 4) is 5.75 Å². The molecule has 2 aromatic carbocycles. The van der Waals surface area contributed by atoms with Gasteiger partial charge in [-0.1, -0.05) is 42.5 Å². The first-order valence-corrected chi connectivity index (χ1v) is 8.78. The molecule has 2 aliphatic rings. The number of hydrogen-bond acceptors (Lipinski definition) is 3. The normalized spacial score (nSPS) is 28.7. The number of fused-ring (bicyclic) bond motifs is 1. The summed E-state index contributed by atoms with van der Waals surface area (Å²) in [5.74, 6) is 1.18. The molecule has 0 aliphatic carbocycles. The van der Waals surface area contributed by atoms with E-state index < -0.39 is 5.72 Å². The molecular formula is C21H23NO3. The molecule has 2 fully saturated rings. The maximum absolute atomic E-state index is 12.8. The fraction of sp³-hybridized carbons (Fsp3) is 0.381. The number of ether oxygens (including phenoxy) is 2. The number of piperidine rings is 1. The van der Waals surface area contributed by atoms with Gasteiger partial charge in [0.25, 0.3) is 0 Å². The van der Waals surface area contributed by atoms with Gasteiger partial charge in [0.05, 0.1) is 19.8 Å². The maximum atomic E-state index is 12.8. The van der Waals surface area contributed by atoms with Crippen LogP contribution in [0, 0.1) is 0 Å². The number of nitrogens with zero attached hydrogens (tertiary/aromatic N) is 1. The van der Waals surface area contributed by atoms with Crippen LogP contribution in [0.15, 0.2) is 54.6 Å². The van der Waals surface area contributed by atoms with Crippen molar-refractivity contribution in [1.82, 2.24) is 4.90 Å². The van der Waals surface area contributed by atoms with Gasteiger partial charge in [-0.25, -0.2) is 0 Å². The Morgan fingerprint density at radius 1 is 1.08 bits per heavy atom. The average molecular weight is 337 g/mol. The van der Waals surface area contributed by atoms with Gasteiger partial charge < -0.3 is 14.4 Å². The first-order valence-electron chi connectivity index (χ1n) is 8.78. The van der Waals surface area contributed by atoms with E-state index in [1.807, 2.05) is 35.2 Å².